The molecule has 7 nitrogen and oxygen atoms in total. The number of amides is 1. The van der Waals surface area contributed by atoms with Crippen LogP contribution in [0.2, 0.25) is 0 Å². The number of aryl methyl sites for hydroxylation is 2. The molecule has 0 bridgehead atoms. The Morgan fingerprint density at radius 3 is 2.73 bits per heavy atom. The first-order chi connectivity index (χ1) is 17.9. The highest BCUT2D eigenvalue weighted by Gasteiger charge is 2.26. The number of ether oxygens (including phenoxy) is 1. The van der Waals surface area contributed by atoms with E-state index in [-0.39, 0.29) is 5.91 Å². The van der Waals surface area contributed by atoms with Gasteiger partial charge in [-0.2, -0.15) is 5.10 Å². The van der Waals surface area contributed by atoms with E-state index in [0.29, 0.717) is 24.8 Å². The number of hydrogen-bond acceptors (Lipinski definition) is 5. The topological polar surface area (TPSA) is 63.5 Å². The number of carbonyl (C=O) groups is 1. The quantitative estimate of drug-likeness (QED) is 0.349. The highest BCUT2D eigenvalue weighted by molar-refractivity contribution is 5.92. The molecule has 0 spiro atoms. The summed E-state index contributed by atoms with van der Waals surface area (Å²) in [6, 6.07) is 20.7. The number of aromatic nitrogens is 3. The van der Waals surface area contributed by atoms with Crippen LogP contribution in [0.15, 0.2) is 66.9 Å². The van der Waals surface area contributed by atoms with Crippen LogP contribution in [-0.2, 0) is 20.1 Å². The lowest BCUT2D eigenvalue weighted by Crippen LogP contribution is -2.42. The normalized spacial score (nSPS) is 15.9. The zero-order valence-electron chi connectivity index (χ0n) is 21.9. The Morgan fingerprint density at radius 2 is 1.92 bits per heavy atom. The monoisotopic (exact) mass is 497 g/mol. The van der Waals surface area contributed by atoms with Crippen molar-refractivity contribution in [3.8, 4) is 5.75 Å². The molecule has 1 amide bonds. The van der Waals surface area contributed by atoms with Crippen molar-refractivity contribution in [1.29, 1.82) is 0 Å². The van der Waals surface area contributed by atoms with E-state index < -0.39 is 0 Å². The summed E-state index contributed by atoms with van der Waals surface area (Å²) in [5, 5.41) is 5.49. The van der Waals surface area contributed by atoms with Gasteiger partial charge in [0.15, 0.2) is 0 Å². The number of fused-ring (bicyclic) bond motifs is 1. The summed E-state index contributed by atoms with van der Waals surface area (Å²) in [5.41, 5.74) is 5.03. The molecular weight excluding hydrogens is 462 g/mol. The minimum atomic E-state index is 0.0560. The van der Waals surface area contributed by atoms with Crippen LogP contribution in [0.4, 0.5) is 0 Å². The average Bonchev–Trinajstić information content (AvgIpc) is 3.25. The zero-order chi connectivity index (χ0) is 25.8. The van der Waals surface area contributed by atoms with Crippen molar-refractivity contribution in [2.24, 2.45) is 13.0 Å². The molecule has 0 saturated carbocycles. The fourth-order valence-corrected chi connectivity index (χ4v) is 5.21. The fourth-order valence-electron chi connectivity index (χ4n) is 5.21. The van der Waals surface area contributed by atoms with Crippen molar-refractivity contribution >= 4 is 16.8 Å². The van der Waals surface area contributed by atoms with Crippen LogP contribution in [0, 0.1) is 12.8 Å². The van der Waals surface area contributed by atoms with E-state index >= 15 is 0 Å². The van der Waals surface area contributed by atoms with Gasteiger partial charge in [0.1, 0.15) is 11.4 Å². The predicted molar refractivity (Wildman–Crippen MR) is 145 cm³/mol. The van der Waals surface area contributed by atoms with Crippen molar-refractivity contribution in [3.63, 3.8) is 0 Å². The van der Waals surface area contributed by atoms with Gasteiger partial charge in [0, 0.05) is 50.7 Å². The Labute approximate surface area is 218 Å². The summed E-state index contributed by atoms with van der Waals surface area (Å²) in [5.74, 6) is 1.26. The highest BCUT2D eigenvalue weighted by atomic mass is 16.5. The second-order valence-corrected chi connectivity index (χ2v) is 10.2. The molecule has 0 N–H and O–H groups in total. The Hall–Kier alpha value is -3.71. The van der Waals surface area contributed by atoms with Crippen LogP contribution < -0.4 is 4.74 Å². The Balaban J connectivity index is 1.14. The molecule has 2 aromatic heterocycles. The first-order valence-corrected chi connectivity index (χ1v) is 13.0. The SMILES string of the molecule is Cc1cc(C(=O)N2CCCC(COc3cccc(CN(C)Cc4ccc5ncccc5c4)c3)C2)n(C)n1. The maximum Gasteiger partial charge on any atom is 0.272 e. The van der Waals surface area contributed by atoms with Crippen LogP contribution in [0.1, 0.15) is 40.2 Å². The largest absolute Gasteiger partial charge is 0.493 e. The lowest BCUT2D eigenvalue weighted by atomic mass is 9.98. The van der Waals surface area contributed by atoms with Crippen LogP contribution in [0.25, 0.3) is 10.9 Å². The molecule has 0 aliphatic carbocycles. The van der Waals surface area contributed by atoms with E-state index in [0.717, 1.165) is 49.4 Å². The standard InChI is InChI=1S/C30H35N5O2/c1-22-15-29(34(3)32-22)30(36)35-14-6-8-25(20-35)21-37-27-10-4-7-23(17-27)18-33(2)19-24-11-12-28-26(16-24)9-5-13-31-28/h4-5,7,9-13,15-17,25H,6,8,14,18-21H2,1-3H3. The van der Waals surface area contributed by atoms with Gasteiger partial charge in [-0.1, -0.05) is 24.3 Å². The van der Waals surface area contributed by atoms with E-state index in [1.54, 1.807) is 4.68 Å². The van der Waals surface area contributed by atoms with Gasteiger partial charge in [0.25, 0.3) is 5.91 Å². The van der Waals surface area contributed by atoms with Crippen molar-refractivity contribution in [3.05, 3.63) is 89.4 Å². The Morgan fingerprint density at radius 1 is 1.08 bits per heavy atom. The van der Waals surface area contributed by atoms with E-state index in [9.17, 15) is 4.79 Å². The van der Waals surface area contributed by atoms with E-state index in [1.807, 2.05) is 43.3 Å². The number of piperidine rings is 1. The summed E-state index contributed by atoms with van der Waals surface area (Å²) in [7, 11) is 3.97. The third-order valence-corrected chi connectivity index (χ3v) is 6.98. The molecule has 1 saturated heterocycles. The Kier molecular flexibility index (Phi) is 7.51. The third kappa shape index (κ3) is 6.17. The van der Waals surface area contributed by atoms with E-state index in [4.69, 9.17) is 4.74 Å². The molecule has 0 radical (unpaired) electrons. The summed E-state index contributed by atoms with van der Waals surface area (Å²) in [6.07, 6.45) is 3.89. The molecule has 7 heteroatoms. The zero-order valence-corrected chi connectivity index (χ0v) is 21.9. The van der Waals surface area contributed by atoms with E-state index in [2.05, 4.69) is 64.5 Å². The van der Waals surface area contributed by atoms with Crippen LogP contribution in [0.3, 0.4) is 0 Å². The van der Waals surface area contributed by atoms with Gasteiger partial charge in [0.2, 0.25) is 0 Å². The molecule has 1 unspecified atom stereocenters. The van der Waals surface area contributed by atoms with E-state index in [1.165, 1.54) is 16.5 Å². The molecule has 1 fully saturated rings. The van der Waals surface area contributed by atoms with Gasteiger partial charge >= 0.3 is 0 Å². The number of likely N-dealkylation sites (tertiary alicyclic amines) is 1. The molecule has 3 heterocycles. The smallest absolute Gasteiger partial charge is 0.272 e. The molecule has 2 aromatic carbocycles. The summed E-state index contributed by atoms with van der Waals surface area (Å²) in [4.78, 5) is 21.7. The summed E-state index contributed by atoms with van der Waals surface area (Å²) in [6.45, 7) is 5.72. The second kappa shape index (κ2) is 11.1. The fraction of sp³-hybridized carbons (Fsp3) is 0.367. The van der Waals surface area contributed by atoms with Gasteiger partial charge in [-0.25, -0.2) is 0 Å². The lowest BCUT2D eigenvalue weighted by Gasteiger charge is -2.32. The maximum absolute atomic E-state index is 13.0. The maximum atomic E-state index is 13.0. The minimum Gasteiger partial charge on any atom is -0.493 e. The number of rotatable bonds is 8. The Bertz CT molecular complexity index is 1380. The molecule has 37 heavy (non-hydrogen) atoms. The average molecular weight is 498 g/mol. The molecule has 1 aliphatic rings. The van der Waals surface area contributed by atoms with Crippen molar-refractivity contribution < 1.29 is 9.53 Å². The highest BCUT2D eigenvalue weighted by Crippen LogP contribution is 2.22. The minimum absolute atomic E-state index is 0.0560. The molecule has 1 aliphatic heterocycles. The summed E-state index contributed by atoms with van der Waals surface area (Å²) < 4.78 is 7.89. The third-order valence-electron chi connectivity index (χ3n) is 6.98. The number of benzene rings is 2. The first kappa shape index (κ1) is 25.0. The van der Waals surface area contributed by atoms with Crippen LogP contribution >= 0.6 is 0 Å². The number of pyridine rings is 1. The number of hydrogen-bond donors (Lipinski definition) is 0. The number of carbonyl (C=O) groups excluding carboxylic acids is 1. The number of nitrogens with zero attached hydrogens (tertiary/aromatic N) is 5. The summed E-state index contributed by atoms with van der Waals surface area (Å²) >= 11 is 0. The molecule has 4 aromatic rings. The van der Waals surface area contributed by atoms with Gasteiger partial charge in [0.05, 0.1) is 17.8 Å². The van der Waals surface area contributed by atoms with Gasteiger partial charge < -0.3 is 9.64 Å². The van der Waals surface area contributed by atoms with Gasteiger partial charge in [-0.3, -0.25) is 19.4 Å². The van der Waals surface area contributed by atoms with Crippen molar-refractivity contribution in [1.82, 2.24) is 24.6 Å². The van der Waals surface area contributed by atoms with Gasteiger partial charge in [-0.05, 0) is 74.3 Å². The van der Waals surface area contributed by atoms with Crippen molar-refractivity contribution in [2.45, 2.75) is 32.9 Å². The van der Waals surface area contributed by atoms with Crippen LogP contribution in [-0.4, -0.2) is 57.2 Å². The molecular formula is C30H35N5O2. The second-order valence-electron chi connectivity index (χ2n) is 10.2. The molecule has 5 rings (SSSR count). The predicted octanol–water partition coefficient (Wildman–Crippen LogP) is 4.84. The first-order valence-electron chi connectivity index (χ1n) is 13.0. The van der Waals surface area contributed by atoms with Gasteiger partial charge in [-0.15, -0.1) is 0 Å². The lowest BCUT2D eigenvalue weighted by molar-refractivity contribution is 0.0622. The van der Waals surface area contributed by atoms with Crippen LogP contribution in [0.5, 0.6) is 5.75 Å². The van der Waals surface area contributed by atoms with Crippen molar-refractivity contribution in [2.75, 3.05) is 26.7 Å². The molecule has 1 atom stereocenters. The molecule has 192 valence electrons.